The Labute approximate surface area is 82.1 Å². The number of carboxylic acids is 1. The van der Waals surface area contributed by atoms with Crippen molar-refractivity contribution in [1.29, 1.82) is 0 Å². The van der Waals surface area contributed by atoms with Crippen LogP contribution in [0.15, 0.2) is 0 Å². The molecule has 0 unspecified atom stereocenters. The number of carboxylic acid groups (broad SMARTS) is 1. The second-order valence-electron chi connectivity index (χ2n) is 3.07. The summed E-state index contributed by atoms with van der Waals surface area (Å²) in [4.78, 5) is 10.1. The maximum Gasteiger partial charge on any atom is 0.392 e. The van der Waals surface area contributed by atoms with Crippen LogP contribution in [0.2, 0.25) is 0 Å². The van der Waals surface area contributed by atoms with Gasteiger partial charge in [-0.1, -0.05) is 0 Å². The first kappa shape index (κ1) is 14.1. The summed E-state index contributed by atoms with van der Waals surface area (Å²) in [6.45, 7) is 0. The van der Waals surface area contributed by atoms with Gasteiger partial charge >= 0.3 is 12.1 Å². The van der Waals surface area contributed by atoms with Crippen LogP contribution in [0.5, 0.6) is 0 Å². The molecular weight excluding hydrogens is 225 g/mol. The van der Waals surface area contributed by atoms with E-state index >= 15 is 0 Å². The van der Waals surface area contributed by atoms with Crippen molar-refractivity contribution in [3.63, 3.8) is 0 Å². The predicted octanol–water partition coefficient (Wildman–Crippen LogP) is 1.62. The van der Waals surface area contributed by atoms with Crippen molar-refractivity contribution in [1.82, 2.24) is 0 Å². The Balaban J connectivity index is 4.45. The Morgan fingerprint density at radius 2 is 1.80 bits per heavy atom. The lowest BCUT2D eigenvalue weighted by molar-refractivity contribution is -0.186. The predicted molar refractivity (Wildman–Crippen MR) is 40.4 cm³/mol. The van der Waals surface area contributed by atoms with E-state index in [2.05, 4.69) is 0 Å². The van der Waals surface area contributed by atoms with Crippen molar-refractivity contribution in [2.45, 2.75) is 31.5 Å². The van der Waals surface area contributed by atoms with Gasteiger partial charge in [-0.15, -0.1) is 0 Å². The largest absolute Gasteiger partial charge is 0.481 e. The first-order chi connectivity index (χ1) is 6.64. The molecule has 3 N–H and O–H groups in total. The summed E-state index contributed by atoms with van der Waals surface area (Å²) in [7, 11) is 0. The van der Waals surface area contributed by atoms with Crippen LogP contribution >= 0.6 is 0 Å². The van der Waals surface area contributed by atoms with Gasteiger partial charge in [0, 0.05) is 0 Å². The van der Waals surface area contributed by atoms with E-state index in [-0.39, 0.29) is 0 Å². The second kappa shape index (κ2) is 5.24. The number of hydrogen-bond acceptors (Lipinski definition) is 2. The Morgan fingerprint density at radius 1 is 1.33 bits per heavy atom. The van der Waals surface area contributed by atoms with E-state index in [1.807, 2.05) is 0 Å². The van der Waals surface area contributed by atoms with Crippen molar-refractivity contribution in [3.8, 4) is 0 Å². The average molecular weight is 235 g/mol. The molecule has 0 saturated heterocycles. The Hall–Kier alpha value is -0.920. The summed E-state index contributed by atoms with van der Waals surface area (Å²) in [6, 6.07) is -1.96. The molecule has 0 rings (SSSR count). The molecule has 0 spiro atoms. The van der Waals surface area contributed by atoms with Gasteiger partial charge in [-0.2, -0.15) is 13.2 Å². The van der Waals surface area contributed by atoms with E-state index < -0.39 is 43.4 Å². The lowest BCUT2D eigenvalue weighted by atomic mass is 9.96. The minimum absolute atomic E-state index is 1.09. The van der Waals surface area contributed by atoms with Crippen molar-refractivity contribution < 1.29 is 31.9 Å². The topological polar surface area (TPSA) is 63.3 Å². The third-order valence-electron chi connectivity index (χ3n) is 1.76. The molecule has 0 heterocycles. The van der Waals surface area contributed by atoms with Crippen molar-refractivity contribution in [2.24, 2.45) is 11.7 Å². The minimum atomic E-state index is -4.83. The van der Waals surface area contributed by atoms with Gasteiger partial charge in [-0.25, -0.2) is 8.78 Å². The molecule has 0 aromatic carbocycles. The first-order valence-electron chi connectivity index (χ1n) is 3.96. The lowest BCUT2D eigenvalue weighted by Gasteiger charge is -2.21. The van der Waals surface area contributed by atoms with Gasteiger partial charge in [-0.05, 0) is 6.42 Å². The lowest BCUT2D eigenvalue weighted by Crippen LogP contribution is -2.36. The van der Waals surface area contributed by atoms with Crippen LogP contribution in [0.4, 0.5) is 22.0 Å². The smallest absolute Gasteiger partial charge is 0.392 e. The Kier molecular flexibility index (Phi) is 4.92. The highest BCUT2D eigenvalue weighted by Crippen LogP contribution is 2.32. The summed E-state index contributed by atoms with van der Waals surface area (Å²) in [5, 5.41) is 8.17. The van der Waals surface area contributed by atoms with E-state index in [0.29, 0.717) is 0 Å². The number of aliphatic carboxylic acids is 1. The molecule has 0 amide bonds. The molecular formula is C7H10F5NO2. The van der Waals surface area contributed by atoms with Crippen LogP contribution in [0.3, 0.4) is 0 Å². The number of nitrogens with two attached hydrogens (primary N) is 1. The standard InChI is InChI=1S/C7H10F5NO2/c8-6(9)4(13)1-3(2-5(14)15)7(10,11)12/h3-4,6H,1-2,13H2,(H,14,15)/t3-,4+/m0/s1. The van der Waals surface area contributed by atoms with Crippen LogP contribution in [0.1, 0.15) is 12.8 Å². The summed E-state index contributed by atoms with van der Waals surface area (Å²) < 4.78 is 60.2. The highest BCUT2D eigenvalue weighted by atomic mass is 19.4. The van der Waals surface area contributed by atoms with Gasteiger partial charge < -0.3 is 10.8 Å². The number of carbonyl (C=O) groups is 1. The maximum atomic E-state index is 12.1. The van der Waals surface area contributed by atoms with E-state index in [1.54, 1.807) is 0 Å². The van der Waals surface area contributed by atoms with Crippen LogP contribution in [0, 0.1) is 5.92 Å². The molecule has 0 aromatic heterocycles. The molecule has 0 aliphatic rings. The molecule has 0 radical (unpaired) electrons. The van der Waals surface area contributed by atoms with Crippen LogP contribution in [-0.4, -0.2) is 29.7 Å². The zero-order valence-corrected chi connectivity index (χ0v) is 7.47. The molecule has 15 heavy (non-hydrogen) atoms. The van der Waals surface area contributed by atoms with Crippen LogP contribution < -0.4 is 5.73 Å². The molecule has 8 heteroatoms. The van der Waals surface area contributed by atoms with Crippen molar-refractivity contribution in [3.05, 3.63) is 0 Å². The highest BCUT2D eigenvalue weighted by Gasteiger charge is 2.42. The molecule has 0 fully saturated rings. The fourth-order valence-electron chi connectivity index (χ4n) is 0.975. The van der Waals surface area contributed by atoms with Gasteiger partial charge in [-0.3, -0.25) is 4.79 Å². The van der Waals surface area contributed by atoms with E-state index in [4.69, 9.17) is 10.8 Å². The molecule has 3 nitrogen and oxygen atoms in total. The molecule has 0 aliphatic heterocycles. The summed E-state index contributed by atoms with van der Waals surface area (Å²) in [5.74, 6) is -4.03. The van der Waals surface area contributed by atoms with Gasteiger partial charge in [0.1, 0.15) is 0 Å². The fraction of sp³-hybridized carbons (Fsp3) is 0.857. The number of alkyl halides is 5. The van der Waals surface area contributed by atoms with Crippen LogP contribution in [-0.2, 0) is 4.79 Å². The summed E-state index contributed by atoms with van der Waals surface area (Å²) in [6.07, 6.45) is -10.3. The second-order valence-corrected chi connectivity index (χ2v) is 3.07. The Morgan fingerprint density at radius 3 is 2.07 bits per heavy atom. The molecule has 0 saturated carbocycles. The minimum Gasteiger partial charge on any atom is -0.481 e. The zero-order chi connectivity index (χ0) is 12.2. The van der Waals surface area contributed by atoms with Crippen molar-refractivity contribution in [2.75, 3.05) is 0 Å². The van der Waals surface area contributed by atoms with Crippen LogP contribution in [0.25, 0.3) is 0 Å². The number of hydrogen-bond donors (Lipinski definition) is 2. The van der Waals surface area contributed by atoms with E-state index in [1.165, 1.54) is 0 Å². The highest BCUT2D eigenvalue weighted by molar-refractivity contribution is 5.67. The normalized spacial score (nSPS) is 16.5. The van der Waals surface area contributed by atoms with Gasteiger partial charge in [0.05, 0.1) is 18.4 Å². The quantitative estimate of drug-likeness (QED) is 0.712. The third-order valence-corrected chi connectivity index (χ3v) is 1.76. The molecule has 0 bridgehead atoms. The number of rotatable bonds is 5. The van der Waals surface area contributed by atoms with Gasteiger partial charge in [0.2, 0.25) is 0 Å². The molecule has 90 valence electrons. The summed E-state index contributed by atoms with van der Waals surface area (Å²) in [5.41, 5.74) is 4.75. The van der Waals surface area contributed by atoms with Gasteiger partial charge in [0.25, 0.3) is 6.43 Å². The zero-order valence-electron chi connectivity index (χ0n) is 7.47. The molecule has 2 atom stereocenters. The van der Waals surface area contributed by atoms with E-state index in [0.717, 1.165) is 0 Å². The third kappa shape index (κ3) is 5.50. The first-order valence-corrected chi connectivity index (χ1v) is 3.96. The van der Waals surface area contributed by atoms with E-state index in [9.17, 15) is 26.7 Å². The van der Waals surface area contributed by atoms with Crippen molar-refractivity contribution >= 4 is 5.97 Å². The molecule has 0 aromatic rings. The van der Waals surface area contributed by atoms with Gasteiger partial charge in [0.15, 0.2) is 0 Å². The molecule has 0 aliphatic carbocycles. The Bertz CT molecular complexity index is 218. The fourth-order valence-corrected chi connectivity index (χ4v) is 0.975. The number of halogens is 5. The average Bonchev–Trinajstić information content (AvgIpc) is 2.00. The maximum absolute atomic E-state index is 12.1. The summed E-state index contributed by atoms with van der Waals surface area (Å²) >= 11 is 0. The monoisotopic (exact) mass is 235 g/mol. The SMILES string of the molecule is N[C@H](C[C@@H](CC(=O)O)C(F)(F)F)C(F)F.